The quantitative estimate of drug-likeness (QED) is 0.588. The Labute approximate surface area is 216 Å². The number of nitrogens with zero attached hydrogens (tertiary/aromatic N) is 3. The Kier molecular flexibility index (Phi) is 6.85. The van der Waals surface area contributed by atoms with E-state index in [1.54, 1.807) is 11.0 Å². The number of aryl methyl sites for hydroxylation is 1. The van der Waals surface area contributed by atoms with Crippen LogP contribution >= 0.6 is 0 Å². The van der Waals surface area contributed by atoms with E-state index < -0.39 is 27.4 Å². The maximum atomic E-state index is 13.2. The minimum Gasteiger partial charge on any atom is -0.477 e. The summed E-state index contributed by atoms with van der Waals surface area (Å²) in [6.45, 7) is 2.23. The van der Waals surface area contributed by atoms with Crippen LogP contribution in [0.15, 0.2) is 58.7 Å². The average molecular weight is 523 g/mol. The molecule has 2 saturated carbocycles. The van der Waals surface area contributed by atoms with Crippen molar-refractivity contribution in [1.29, 1.82) is 0 Å². The summed E-state index contributed by atoms with van der Waals surface area (Å²) in [6.07, 6.45) is 10.8. The SMILES string of the molecule is Cc1ccc(C2CCCCC2)c(OC2(C(=O)NS(=O)(=O)c3cccc(N4C=CC(=O)N=CC4)n3)CC2)c1. The van der Waals surface area contributed by atoms with Gasteiger partial charge in [-0.15, -0.1) is 0 Å². The first kappa shape index (κ1) is 25.1. The van der Waals surface area contributed by atoms with Gasteiger partial charge in [0.1, 0.15) is 11.6 Å². The molecule has 37 heavy (non-hydrogen) atoms. The van der Waals surface area contributed by atoms with Gasteiger partial charge in [0, 0.05) is 31.3 Å². The molecule has 0 saturated heterocycles. The molecule has 0 unspecified atom stereocenters. The summed E-state index contributed by atoms with van der Waals surface area (Å²) in [6, 6.07) is 10.6. The van der Waals surface area contributed by atoms with Crippen molar-refractivity contribution in [3.8, 4) is 5.75 Å². The molecule has 1 aromatic carbocycles. The number of nitrogens with one attached hydrogen (secondary N) is 1. The number of carbonyl (C=O) groups excluding carboxylic acids is 2. The van der Waals surface area contributed by atoms with Crippen LogP contribution in [0, 0.1) is 6.92 Å². The molecule has 0 bridgehead atoms. The predicted octanol–water partition coefficient (Wildman–Crippen LogP) is 3.79. The van der Waals surface area contributed by atoms with Crippen molar-refractivity contribution in [2.45, 2.75) is 68.4 Å². The van der Waals surface area contributed by atoms with Gasteiger partial charge in [-0.2, -0.15) is 8.42 Å². The minimum atomic E-state index is -4.26. The number of amides is 2. The number of carbonyl (C=O) groups is 2. The van der Waals surface area contributed by atoms with Crippen LogP contribution in [0.2, 0.25) is 0 Å². The molecule has 9 nitrogen and oxygen atoms in total. The summed E-state index contributed by atoms with van der Waals surface area (Å²) < 4.78 is 34.7. The highest BCUT2D eigenvalue weighted by Crippen LogP contribution is 2.45. The summed E-state index contributed by atoms with van der Waals surface area (Å²) in [4.78, 5) is 34.2. The Morgan fingerprint density at radius 3 is 2.68 bits per heavy atom. The van der Waals surface area contributed by atoms with Crippen molar-refractivity contribution in [2.24, 2.45) is 4.99 Å². The zero-order chi connectivity index (χ0) is 26.0. The molecule has 10 heteroatoms. The Morgan fingerprint density at radius 2 is 1.92 bits per heavy atom. The number of pyridine rings is 1. The van der Waals surface area contributed by atoms with Crippen LogP contribution in [-0.2, 0) is 19.6 Å². The molecule has 2 heterocycles. The van der Waals surface area contributed by atoms with E-state index in [0.29, 0.717) is 30.3 Å². The Bertz CT molecular complexity index is 1370. The highest BCUT2D eigenvalue weighted by atomic mass is 32.2. The lowest BCUT2D eigenvalue weighted by atomic mass is 9.83. The first-order valence-electron chi connectivity index (χ1n) is 12.6. The molecule has 2 amide bonds. The first-order valence-corrected chi connectivity index (χ1v) is 14.1. The van der Waals surface area contributed by atoms with Crippen LogP contribution in [0.1, 0.15) is 62.0 Å². The van der Waals surface area contributed by atoms with Crippen molar-refractivity contribution in [2.75, 3.05) is 11.4 Å². The number of sulfonamides is 1. The van der Waals surface area contributed by atoms with E-state index in [4.69, 9.17) is 4.74 Å². The molecule has 1 aromatic heterocycles. The molecule has 2 aliphatic carbocycles. The number of anilines is 1. The van der Waals surface area contributed by atoms with Crippen LogP contribution in [0.3, 0.4) is 0 Å². The number of benzene rings is 1. The first-order chi connectivity index (χ1) is 17.8. The molecule has 2 fully saturated rings. The highest BCUT2D eigenvalue weighted by Gasteiger charge is 2.54. The lowest BCUT2D eigenvalue weighted by Crippen LogP contribution is -2.43. The van der Waals surface area contributed by atoms with Gasteiger partial charge in [0.15, 0.2) is 10.6 Å². The summed E-state index contributed by atoms with van der Waals surface area (Å²) in [5, 5.41) is -0.298. The van der Waals surface area contributed by atoms with Gasteiger partial charge in [-0.05, 0) is 55.0 Å². The van der Waals surface area contributed by atoms with Gasteiger partial charge in [0.05, 0.1) is 6.54 Å². The second-order valence-corrected chi connectivity index (χ2v) is 11.5. The van der Waals surface area contributed by atoms with Gasteiger partial charge >= 0.3 is 0 Å². The normalized spacial score (nSPS) is 19.4. The van der Waals surface area contributed by atoms with Crippen LogP contribution in [0.5, 0.6) is 5.75 Å². The van der Waals surface area contributed by atoms with Gasteiger partial charge < -0.3 is 9.64 Å². The Hall–Kier alpha value is -3.53. The van der Waals surface area contributed by atoms with Crippen LogP contribution in [0.4, 0.5) is 5.82 Å². The number of aromatic nitrogens is 1. The molecule has 1 aliphatic heterocycles. The van der Waals surface area contributed by atoms with E-state index in [9.17, 15) is 18.0 Å². The molecule has 0 radical (unpaired) electrons. The standard InChI is InChI=1S/C27H30N4O5S/c1-19-10-11-21(20-6-3-2-4-7-20)22(18-19)36-27(13-14-27)26(33)30-37(34,35)25-9-5-8-23(29-25)31-16-12-24(32)28-15-17-31/h5,8-12,15-16,18,20H,2-4,6-7,13-14,17H2,1H3,(H,30,33). The minimum absolute atomic E-state index is 0.252. The Morgan fingerprint density at radius 1 is 1.14 bits per heavy atom. The number of rotatable bonds is 7. The number of hydrogen-bond donors (Lipinski definition) is 1. The second kappa shape index (κ2) is 10.1. The van der Waals surface area contributed by atoms with Gasteiger partial charge in [-0.3, -0.25) is 9.59 Å². The van der Waals surface area contributed by atoms with E-state index in [1.807, 2.05) is 13.0 Å². The van der Waals surface area contributed by atoms with Gasteiger partial charge in [-0.1, -0.05) is 37.5 Å². The Balaban J connectivity index is 1.34. The molecule has 5 rings (SSSR count). The zero-order valence-electron chi connectivity index (χ0n) is 20.7. The van der Waals surface area contributed by atoms with Crippen LogP contribution in [-0.4, -0.2) is 43.6 Å². The molecule has 0 spiro atoms. The van der Waals surface area contributed by atoms with Crippen LogP contribution < -0.4 is 14.4 Å². The van der Waals surface area contributed by atoms with Crippen molar-refractivity contribution in [1.82, 2.24) is 9.71 Å². The average Bonchev–Trinajstić information content (AvgIpc) is 3.70. The predicted molar refractivity (Wildman–Crippen MR) is 139 cm³/mol. The van der Waals surface area contributed by atoms with E-state index >= 15 is 0 Å². The van der Waals surface area contributed by atoms with Crippen molar-refractivity contribution in [3.05, 3.63) is 59.8 Å². The maximum absolute atomic E-state index is 13.2. The van der Waals surface area contributed by atoms with Gasteiger partial charge in [0.2, 0.25) is 0 Å². The summed E-state index contributed by atoms with van der Waals surface area (Å²) in [7, 11) is -4.26. The lowest BCUT2D eigenvalue weighted by molar-refractivity contribution is -0.128. The fraction of sp³-hybridized carbons (Fsp3) is 0.407. The maximum Gasteiger partial charge on any atom is 0.281 e. The molecular weight excluding hydrogens is 492 g/mol. The van der Waals surface area contributed by atoms with Gasteiger partial charge in [0.25, 0.3) is 21.8 Å². The number of aliphatic imine (C=N–C) groups is 1. The van der Waals surface area contributed by atoms with Crippen molar-refractivity contribution >= 4 is 33.9 Å². The molecular formula is C27H30N4O5S. The number of ether oxygens (including phenoxy) is 1. The zero-order valence-corrected chi connectivity index (χ0v) is 21.5. The molecule has 2 aromatic rings. The van der Waals surface area contributed by atoms with Crippen molar-refractivity contribution in [3.63, 3.8) is 0 Å². The third-order valence-corrected chi connectivity index (χ3v) is 8.27. The van der Waals surface area contributed by atoms with Crippen molar-refractivity contribution < 1.29 is 22.7 Å². The molecule has 0 atom stereocenters. The molecule has 194 valence electrons. The summed E-state index contributed by atoms with van der Waals surface area (Å²) in [5.74, 6) is 0.257. The molecule has 3 aliphatic rings. The topological polar surface area (TPSA) is 118 Å². The van der Waals surface area contributed by atoms with E-state index in [1.165, 1.54) is 49.9 Å². The van der Waals surface area contributed by atoms with E-state index in [-0.39, 0.29) is 11.6 Å². The smallest absolute Gasteiger partial charge is 0.281 e. The fourth-order valence-electron chi connectivity index (χ4n) is 4.81. The third-order valence-electron chi connectivity index (χ3n) is 7.04. The third kappa shape index (κ3) is 5.58. The monoisotopic (exact) mass is 522 g/mol. The lowest BCUT2D eigenvalue weighted by Gasteiger charge is -2.26. The largest absolute Gasteiger partial charge is 0.477 e. The summed E-state index contributed by atoms with van der Waals surface area (Å²) in [5.41, 5.74) is 0.898. The highest BCUT2D eigenvalue weighted by molar-refractivity contribution is 7.90. The summed E-state index contributed by atoms with van der Waals surface area (Å²) >= 11 is 0. The second-order valence-electron chi connectivity index (χ2n) is 9.86. The van der Waals surface area contributed by atoms with E-state index in [2.05, 4.69) is 26.8 Å². The fourth-order valence-corrected chi connectivity index (χ4v) is 5.81. The van der Waals surface area contributed by atoms with Crippen LogP contribution in [0.25, 0.3) is 0 Å². The number of hydrogen-bond acceptors (Lipinski definition) is 7. The molecule has 1 N–H and O–H groups in total. The van der Waals surface area contributed by atoms with Gasteiger partial charge in [-0.25, -0.2) is 14.7 Å². The van der Waals surface area contributed by atoms with E-state index in [0.717, 1.165) is 24.0 Å².